The maximum atomic E-state index is 12.5. The molecule has 0 radical (unpaired) electrons. The highest BCUT2D eigenvalue weighted by Crippen LogP contribution is 2.58. The van der Waals surface area contributed by atoms with Gasteiger partial charge in [0.1, 0.15) is 5.82 Å². The van der Waals surface area contributed by atoms with E-state index in [0.29, 0.717) is 24.5 Å². The number of carbonyl (C=O) groups is 1. The number of carboxylic acid groups (broad SMARTS) is 1. The molecule has 5 aromatic carbocycles. The summed E-state index contributed by atoms with van der Waals surface area (Å²) in [6, 6.07) is 47.2. The molecule has 0 saturated heterocycles. The van der Waals surface area contributed by atoms with Crippen LogP contribution in [0.5, 0.6) is 0 Å². The Labute approximate surface area is 303 Å². The van der Waals surface area contributed by atoms with Crippen molar-refractivity contribution in [3.8, 4) is 11.1 Å². The van der Waals surface area contributed by atoms with Gasteiger partial charge in [0.05, 0.1) is 17.7 Å². The average Bonchev–Trinajstić information content (AvgIpc) is 3.83. The van der Waals surface area contributed by atoms with Gasteiger partial charge >= 0.3 is 5.97 Å². The van der Waals surface area contributed by atoms with Crippen LogP contribution < -0.4 is 0 Å². The van der Waals surface area contributed by atoms with Gasteiger partial charge in [-0.15, -0.1) is 10.2 Å². The van der Waals surface area contributed by atoms with Crippen molar-refractivity contribution in [2.24, 2.45) is 20.7 Å². The second-order valence-electron chi connectivity index (χ2n) is 13.1. The molecule has 0 spiro atoms. The number of benzene rings is 5. The predicted molar refractivity (Wildman–Crippen MR) is 200 cm³/mol. The standard InChI is InChI=1S/C43H40N6O3/c1-3-15-38-44-39(30(2)29-50)40(41(51)52)49(38)28-31-24-26-32(27-25-31)36-22-13-14-23-37(36)43(45-47-48-46-43)42(33-16-7-4-8-17-33,34-18-9-5-10-19-34)35-20-11-6-12-21-35/h4-14,16-27,30,50H,3,15,28-29H2,1-2H3,(H,51,52). The van der Waals surface area contributed by atoms with Gasteiger partial charge in [0, 0.05) is 24.4 Å². The topological polar surface area (TPSA) is 125 Å². The van der Waals surface area contributed by atoms with E-state index in [4.69, 9.17) is 15.2 Å². The molecule has 9 heteroatoms. The van der Waals surface area contributed by atoms with E-state index in [0.717, 1.165) is 45.4 Å². The number of aliphatic hydroxyl groups excluding tert-OH is 1. The lowest BCUT2D eigenvalue weighted by Crippen LogP contribution is -2.48. The van der Waals surface area contributed by atoms with Gasteiger partial charge in [-0.05, 0) is 50.2 Å². The number of carboxylic acids is 1. The summed E-state index contributed by atoms with van der Waals surface area (Å²) in [6.07, 6.45) is 1.44. The van der Waals surface area contributed by atoms with Gasteiger partial charge in [-0.25, -0.2) is 9.78 Å². The fraction of sp³-hybridized carbons (Fsp3) is 0.209. The molecule has 0 aliphatic carbocycles. The summed E-state index contributed by atoms with van der Waals surface area (Å²) in [5.41, 5.74) is 4.82. The smallest absolute Gasteiger partial charge is 0.354 e. The van der Waals surface area contributed by atoms with Crippen LogP contribution in [0.15, 0.2) is 160 Å². The normalized spacial score (nSPS) is 14.1. The van der Waals surface area contributed by atoms with Crippen LogP contribution in [0.4, 0.5) is 0 Å². The van der Waals surface area contributed by atoms with Crippen molar-refractivity contribution in [1.29, 1.82) is 0 Å². The van der Waals surface area contributed by atoms with Gasteiger partial charge < -0.3 is 14.8 Å². The van der Waals surface area contributed by atoms with Gasteiger partial charge in [0.15, 0.2) is 5.69 Å². The van der Waals surface area contributed by atoms with Crippen molar-refractivity contribution >= 4 is 5.97 Å². The molecule has 6 aromatic rings. The molecular formula is C43H40N6O3. The zero-order chi connectivity index (χ0) is 36.1. The van der Waals surface area contributed by atoms with Crippen molar-refractivity contribution in [2.45, 2.75) is 50.2 Å². The summed E-state index contributed by atoms with van der Waals surface area (Å²) in [4.78, 5) is 17.2. The molecule has 0 amide bonds. The fourth-order valence-corrected chi connectivity index (χ4v) is 7.59. The van der Waals surface area contributed by atoms with Gasteiger partial charge in [-0.1, -0.05) is 153 Å². The number of hydrogen-bond donors (Lipinski definition) is 2. The number of aryl methyl sites for hydroxylation is 1. The van der Waals surface area contributed by atoms with E-state index in [1.165, 1.54) is 0 Å². The number of imidazole rings is 1. The highest BCUT2D eigenvalue weighted by Gasteiger charge is 2.60. The molecule has 1 aliphatic heterocycles. The molecule has 9 nitrogen and oxygen atoms in total. The Bertz CT molecular complexity index is 2110. The number of aromatic carboxylic acids is 1. The molecule has 260 valence electrons. The lowest BCUT2D eigenvalue weighted by Gasteiger charge is -2.45. The first-order chi connectivity index (χ1) is 25.4. The number of nitrogens with zero attached hydrogens (tertiary/aromatic N) is 6. The Morgan fingerprint density at radius 3 is 1.77 bits per heavy atom. The molecule has 0 fully saturated rings. The summed E-state index contributed by atoms with van der Waals surface area (Å²) in [5.74, 6) is -0.754. The molecule has 1 unspecified atom stereocenters. The summed E-state index contributed by atoms with van der Waals surface area (Å²) in [7, 11) is 0. The summed E-state index contributed by atoms with van der Waals surface area (Å²) in [6.45, 7) is 3.98. The Hall–Kier alpha value is -6.06. The van der Waals surface area contributed by atoms with Gasteiger partial charge in [-0.2, -0.15) is 0 Å². The Kier molecular flexibility index (Phi) is 9.69. The van der Waals surface area contributed by atoms with E-state index >= 15 is 0 Å². The Balaban J connectivity index is 1.39. The SMILES string of the molecule is CCCc1nc(C(C)CO)c(C(=O)O)n1Cc1ccc(-c2ccccc2C2(C(c3ccccc3)(c3ccccc3)c3ccccc3)N=NN=N2)cc1. The van der Waals surface area contributed by atoms with Crippen molar-refractivity contribution < 1.29 is 15.0 Å². The Morgan fingerprint density at radius 1 is 0.750 bits per heavy atom. The predicted octanol–water partition coefficient (Wildman–Crippen LogP) is 9.37. The largest absolute Gasteiger partial charge is 0.477 e. The average molecular weight is 689 g/mol. The number of hydrogen-bond acceptors (Lipinski definition) is 7. The van der Waals surface area contributed by atoms with E-state index < -0.39 is 23.0 Å². The van der Waals surface area contributed by atoms with Crippen LogP contribution >= 0.6 is 0 Å². The van der Waals surface area contributed by atoms with Crippen LogP contribution in [0.2, 0.25) is 0 Å². The van der Waals surface area contributed by atoms with E-state index in [-0.39, 0.29) is 12.3 Å². The molecule has 1 aliphatic rings. The van der Waals surface area contributed by atoms with Gasteiger partial charge in [0.25, 0.3) is 0 Å². The summed E-state index contributed by atoms with van der Waals surface area (Å²) in [5, 5.41) is 38.5. The van der Waals surface area contributed by atoms with E-state index in [9.17, 15) is 15.0 Å². The van der Waals surface area contributed by atoms with Crippen molar-refractivity contribution in [3.63, 3.8) is 0 Å². The highest BCUT2D eigenvalue weighted by atomic mass is 16.4. The molecule has 0 saturated carbocycles. The van der Waals surface area contributed by atoms with Crippen LogP contribution in [0.3, 0.4) is 0 Å². The number of rotatable bonds is 13. The van der Waals surface area contributed by atoms with Gasteiger partial charge in [0.2, 0.25) is 5.66 Å². The Morgan fingerprint density at radius 2 is 1.27 bits per heavy atom. The monoisotopic (exact) mass is 688 g/mol. The number of aliphatic hydroxyl groups is 1. The van der Waals surface area contributed by atoms with Crippen LogP contribution in [-0.2, 0) is 24.0 Å². The third kappa shape index (κ3) is 5.82. The molecule has 2 N–H and O–H groups in total. The molecule has 1 atom stereocenters. The van der Waals surface area contributed by atoms with E-state index in [1.54, 1.807) is 11.5 Å². The first-order valence-corrected chi connectivity index (χ1v) is 17.6. The third-order valence-corrected chi connectivity index (χ3v) is 9.96. The highest BCUT2D eigenvalue weighted by molar-refractivity contribution is 5.87. The molecule has 52 heavy (non-hydrogen) atoms. The van der Waals surface area contributed by atoms with Crippen LogP contribution in [-0.4, -0.2) is 32.3 Å². The first-order valence-electron chi connectivity index (χ1n) is 17.6. The second kappa shape index (κ2) is 14.7. The maximum absolute atomic E-state index is 12.5. The minimum atomic E-state index is -1.33. The fourth-order valence-electron chi connectivity index (χ4n) is 7.59. The second-order valence-corrected chi connectivity index (χ2v) is 13.1. The molecule has 0 bridgehead atoms. The molecule has 2 heterocycles. The number of aromatic nitrogens is 2. The summed E-state index contributed by atoms with van der Waals surface area (Å²) >= 11 is 0. The third-order valence-electron chi connectivity index (χ3n) is 9.96. The molecule has 7 rings (SSSR count). The minimum absolute atomic E-state index is 0.123. The van der Waals surface area contributed by atoms with Crippen molar-refractivity contribution in [3.05, 3.63) is 185 Å². The zero-order valence-electron chi connectivity index (χ0n) is 29.2. The minimum Gasteiger partial charge on any atom is -0.477 e. The molecule has 1 aromatic heterocycles. The van der Waals surface area contributed by atoms with Gasteiger partial charge in [-0.3, -0.25) is 0 Å². The van der Waals surface area contributed by atoms with Crippen LogP contribution in [0, 0.1) is 0 Å². The van der Waals surface area contributed by atoms with E-state index in [1.807, 2.05) is 85.8 Å². The van der Waals surface area contributed by atoms with E-state index in [2.05, 4.69) is 71.1 Å². The van der Waals surface area contributed by atoms with Crippen LogP contribution in [0.1, 0.15) is 76.0 Å². The lowest BCUT2D eigenvalue weighted by molar-refractivity contribution is 0.0683. The lowest BCUT2D eigenvalue weighted by atomic mass is 9.59. The van der Waals surface area contributed by atoms with Crippen LogP contribution in [0.25, 0.3) is 11.1 Å². The molecular weight excluding hydrogens is 649 g/mol. The zero-order valence-corrected chi connectivity index (χ0v) is 29.2. The van der Waals surface area contributed by atoms with Crippen molar-refractivity contribution in [2.75, 3.05) is 6.61 Å². The van der Waals surface area contributed by atoms with Crippen molar-refractivity contribution in [1.82, 2.24) is 9.55 Å². The quantitative estimate of drug-likeness (QED) is 0.117. The maximum Gasteiger partial charge on any atom is 0.354 e. The summed E-state index contributed by atoms with van der Waals surface area (Å²) < 4.78 is 1.78. The first kappa shape index (κ1) is 34.4.